The molecule has 8 heteroatoms. The van der Waals surface area contributed by atoms with Crippen LogP contribution in [0.1, 0.15) is 18.4 Å². The molecule has 1 spiro atoms. The third-order valence-electron chi connectivity index (χ3n) is 4.95. The molecule has 1 atom stereocenters. The van der Waals surface area contributed by atoms with Crippen molar-refractivity contribution in [2.24, 2.45) is 0 Å². The van der Waals surface area contributed by atoms with E-state index in [9.17, 15) is 18.8 Å². The minimum absolute atomic E-state index is 0.0531. The van der Waals surface area contributed by atoms with Gasteiger partial charge in [0.05, 0.1) is 6.61 Å². The zero-order chi connectivity index (χ0) is 19.7. The van der Waals surface area contributed by atoms with Crippen molar-refractivity contribution in [3.63, 3.8) is 0 Å². The molecule has 144 valence electrons. The Labute approximate surface area is 160 Å². The molecule has 4 amide bonds. The molecule has 2 aromatic rings. The number of urea groups is 1. The van der Waals surface area contributed by atoms with Crippen LogP contribution in [0.15, 0.2) is 48.5 Å². The number of fused-ring (bicyclic) bond motifs is 2. The molecule has 0 saturated carbocycles. The quantitative estimate of drug-likeness (QED) is 0.794. The first-order chi connectivity index (χ1) is 13.5. The molecule has 7 nitrogen and oxygen atoms in total. The van der Waals surface area contributed by atoms with Crippen LogP contribution in [0.2, 0.25) is 0 Å². The highest BCUT2D eigenvalue weighted by molar-refractivity contribution is 6.08. The number of nitrogens with one attached hydrogen (secondary N) is 2. The number of carbonyl (C=O) groups is 3. The van der Waals surface area contributed by atoms with Gasteiger partial charge in [-0.25, -0.2) is 9.18 Å². The number of imide groups is 1. The van der Waals surface area contributed by atoms with Gasteiger partial charge < -0.3 is 15.4 Å². The number of benzene rings is 2. The lowest BCUT2D eigenvalue weighted by Gasteiger charge is -2.33. The summed E-state index contributed by atoms with van der Waals surface area (Å²) >= 11 is 0. The van der Waals surface area contributed by atoms with Crippen LogP contribution in [0.4, 0.5) is 14.9 Å². The maximum Gasteiger partial charge on any atom is 0.325 e. The highest BCUT2D eigenvalue weighted by Crippen LogP contribution is 2.40. The second-order valence-corrected chi connectivity index (χ2v) is 6.69. The number of para-hydroxylation sites is 1. The van der Waals surface area contributed by atoms with E-state index in [2.05, 4.69) is 10.6 Å². The van der Waals surface area contributed by atoms with Gasteiger partial charge in [-0.15, -0.1) is 0 Å². The predicted molar refractivity (Wildman–Crippen MR) is 98.1 cm³/mol. The zero-order valence-corrected chi connectivity index (χ0v) is 14.9. The van der Waals surface area contributed by atoms with Crippen molar-refractivity contribution in [1.82, 2.24) is 10.2 Å². The third-order valence-corrected chi connectivity index (χ3v) is 4.95. The van der Waals surface area contributed by atoms with Crippen molar-refractivity contribution in [3.8, 4) is 5.75 Å². The van der Waals surface area contributed by atoms with Crippen LogP contribution in [0, 0.1) is 5.82 Å². The Bertz CT molecular complexity index is 947. The number of amides is 4. The number of hydrogen-bond acceptors (Lipinski definition) is 4. The van der Waals surface area contributed by atoms with Crippen LogP contribution in [-0.4, -0.2) is 35.9 Å². The summed E-state index contributed by atoms with van der Waals surface area (Å²) in [7, 11) is 0. The van der Waals surface area contributed by atoms with Gasteiger partial charge in [-0.1, -0.05) is 18.2 Å². The number of ether oxygens (including phenoxy) is 1. The summed E-state index contributed by atoms with van der Waals surface area (Å²) in [4.78, 5) is 38.7. The van der Waals surface area contributed by atoms with Crippen LogP contribution < -0.4 is 15.4 Å². The topological polar surface area (TPSA) is 87.7 Å². The average Bonchev–Trinajstić information content (AvgIpc) is 2.92. The Kier molecular flexibility index (Phi) is 4.46. The van der Waals surface area contributed by atoms with Crippen molar-refractivity contribution in [3.05, 3.63) is 59.9 Å². The number of hydrogen-bond donors (Lipinski definition) is 2. The van der Waals surface area contributed by atoms with E-state index in [0.29, 0.717) is 30.0 Å². The van der Waals surface area contributed by atoms with Gasteiger partial charge in [-0.3, -0.25) is 14.5 Å². The van der Waals surface area contributed by atoms with Gasteiger partial charge in [0.25, 0.3) is 5.91 Å². The normalized spacial score (nSPS) is 20.5. The third kappa shape index (κ3) is 3.06. The first kappa shape index (κ1) is 18.0. The lowest BCUT2D eigenvalue weighted by atomic mass is 9.84. The van der Waals surface area contributed by atoms with Gasteiger partial charge in [0.15, 0.2) is 5.54 Å². The smallest absolute Gasteiger partial charge is 0.325 e. The highest BCUT2D eigenvalue weighted by Gasteiger charge is 2.54. The Hall–Kier alpha value is -3.42. The Morgan fingerprint density at radius 2 is 1.93 bits per heavy atom. The largest absolute Gasteiger partial charge is 0.493 e. The van der Waals surface area contributed by atoms with Gasteiger partial charge in [-0.2, -0.15) is 0 Å². The number of halogens is 1. The summed E-state index contributed by atoms with van der Waals surface area (Å²) in [6.07, 6.45) is 0.262. The molecule has 2 aliphatic heterocycles. The van der Waals surface area contributed by atoms with Crippen molar-refractivity contribution < 1.29 is 23.5 Å². The van der Waals surface area contributed by atoms with E-state index in [4.69, 9.17) is 4.74 Å². The van der Waals surface area contributed by atoms with Gasteiger partial charge in [0.1, 0.15) is 11.6 Å². The molecule has 0 radical (unpaired) electrons. The van der Waals surface area contributed by atoms with Crippen LogP contribution in [0.25, 0.3) is 0 Å². The molecule has 0 unspecified atom stereocenters. The van der Waals surface area contributed by atoms with Crippen LogP contribution in [0.5, 0.6) is 5.75 Å². The lowest BCUT2D eigenvalue weighted by Crippen LogP contribution is -2.47. The summed E-state index contributed by atoms with van der Waals surface area (Å²) in [6, 6.07) is 11.9. The van der Waals surface area contributed by atoms with E-state index in [1.807, 2.05) is 0 Å². The van der Waals surface area contributed by atoms with E-state index in [-0.39, 0.29) is 24.8 Å². The van der Waals surface area contributed by atoms with E-state index >= 15 is 0 Å². The summed E-state index contributed by atoms with van der Waals surface area (Å²) in [5.74, 6) is -0.596. The van der Waals surface area contributed by atoms with Crippen molar-refractivity contribution in [2.75, 3.05) is 18.5 Å². The summed E-state index contributed by atoms with van der Waals surface area (Å²) in [5, 5.41) is 5.40. The van der Waals surface area contributed by atoms with Crippen molar-refractivity contribution >= 4 is 23.5 Å². The fraction of sp³-hybridized carbons (Fsp3) is 0.250. The maximum atomic E-state index is 13.1. The van der Waals surface area contributed by atoms with E-state index in [0.717, 1.165) is 4.90 Å². The number of anilines is 1. The van der Waals surface area contributed by atoms with E-state index in [1.165, 1.54) is 24.3 Å². The predicted octanol–water partition coefficient (Wildman–Crippen LogP) is 2.38. The Morgan fingerprint density at radius 3 is 2.71 bits per heavy atom. The van der Waals surface area contributed by atoms with Crippen molar-refractivity contribution in [1.29, 1.82) is 0 Å². The molecule has 2 heterocycles. The molecular formula is C20H18FN3O4. The number of carbonyl (C=O) groups excluding carboxylic acids is 3. The number of rotatable bonds is 4. The Balaban J connectivity index is 1.45. The second-order valence-electron chi connectivity index (χ2n) is 6.69. The lowest BCUT2D eigenvalue weighted by molar-refractivity contribution is -0.132. The first-order valence-corrected chi connectivity index (χ1v) is 8.91. The number of nitrogens with zero attached hydrogens (tertiary/aromatic N) is 1. The molecule has 4 rings (SSSR count). The molecule has 2 aliphatic rings. The molecule has 2 N–H and O–H groups in total. The summed E-state index contributed by atoms with van der Waals surface area (Å²) in [5.41, 5.74) is -0.0874. The van der Waals surface area contributed by atoms with Gasteiger partial charge >= 0.3 is 6.03 Å². The molecule has 28 heavy (non-hydrogen) atoms. The zero-order valence-electron chi connectivity index (χ0n) is 14.9. The Morgan fingerprint density at radius 1 is 1.18 bits per heavy atom. The summed E-state index contributed by atoms with van der Waals surface area (Å²) < 4.78 is 18.5. The van der Waals surface area contributed by atoms with E-state index in [1.54, 1.807) is 24.3 Å². The minimum Gasteiger partial charge on any atom is -0.493 e. The highest BCUT2D eigenvalue weighted by atomic mass is 19.1. The van der Waals surface area contributed by atoms with Gasteiger partial charge in [-0.05, 0) is 30.3 Å². The standard InChI is InChI=1S/C20H18FN3O4/c21-13-5-7-14(8-6-13)22-17(25)9-11-24-18(26)20(23-19(24)27)10-12-28-16-4-2-1-3-15(16)20/h1-8H,9-12H2,(H,22,25)(H,23,27)/t20-/m0/s1. The second kappa shape index (κ2) is 6.95. The van der Waals surface area contributed by atoms with Crippen molar-refractivity contribution in [2.45, 2.75) is 18.4 Å². The molecule has 0 aromatic heterocycles. The van der Waals surface area contributed by atoms with Gasteiger partial charge in [0, 0.05) is 30.6 Å². The van der Waals surface area contributed by atoms with E-state index < -0.39 is 17.4 Å². The SMILES string of the molecule is O=C(CCN1C(=O)N[C@]2(CCOc3ccccc32)C1=O)Nc1ccc(F)cc1. The molecule has 2 aromatic carbocycles. The fourth-order valence-corrected chi connectivity index (χ4v) is 3.55. The monoisotopic (exact) mass is 383 g/mol. The minimum atomic E-state index is -1.15. The fourth-order valence-electron chi connectivity index (χ4n) is 3.55. The molecule has 0 bridgehead atoms. The first-order valence-electron chi connectivity index (χ1n) is 8.91. The maximum absolute atomic E-state index is 13.1. The summed E-state index contributed by atoms with van der Waals surface area (Å²) in [6.45, 7) is 0.254. The molecule has 0 aliphatic carbocycles. The molecular weight excluding hydrogens is 365 g/mol. The average molecular weight is 383 g/mol. The van der Waals surface area contributed by atoms with Gasteiger partial charge in [0.2, 0.25) is 5.91 Å². The van der Waals surface area contributed by atoms with Crippen LogP contribution in [0.3, 0.4) is 0 Å². The molecule has 1 saturated heterocycles. The van der Waals surface area contributed by atoms with Crippen LogP contribution >= 0.6 is 0 Å². The molecule has 1 fully saturated rings. The van der Waals surface area contributed by atoms with Crippen LogP contribution in [-0.2, 0) is 15.1 Å².